The molecule has 0 unspecified atom stereocenters. The first kappa shape index (κ1) is 17.7. The van der Waals surface area contributed by atoms with Gasteiger partial charge in [-0.05, 0) is 36.8 Å². The minimum Gasteiger partial charge on any atom is -0.202 e. The van der Waals surface area contributed by atoms with Crippen molar-refractivity contribution in [1.82, 2.24) is 9.44 Å². The summed E-state index contributed by atoms with van der Waals surface area (Å²) in [5.41, 5.74) is 2.45. The van der Waals surface area contributed by atoms with Crippen molar-refractivity contribution in [3.8, 4) is 0 Å². The van der Waals surface area contributed by atoms with E-state index in [0.29, 0.717) is 13.1 Å². The maximum Gasteiger partial charge on any atom is 0.276 e. The Morgan fingerprint density at radius 2 is 1.04 bits per heavy atom. The largest absolute Gasteiger partial charge is 0.276 e. The molecule has 0 saturated carbocycles. The van der Waals surface area contributed by atoms with E-state index in [1.807, 2.05) is 36.4 Å². The lowest BCUT2D eigenvalue weighted by Gasteiger charge is -2.08. The van der Waals surface area contributed by atoms with Gasteiger partial charge in [-0.2, -0.15) is 8.42 Å². The van der Waals surface area contributed by atoms with E-state index >= 15 is 0 Å². The Kier molecular flexibility index (Phi) is 7.26. The summed E-state index contributed by atoms with van der Waals surface area (Å²) in [6.07, 6.45) is 3.32. The highest BCUT2D eigenvalue weighted by Crippen LogP contribution is 2.02. The van der Waals surface area contributed by atoms with E-state index in [2.05, 4.69) is 33.7 Å². The zero-order chi connectivity index (χ0) is 16.4. The van der Waals surface area contributed by atoms with Gasteiger partial charge in [-0.15, -0.1) is 0 Å². The van der Waals surface area contributed by atoms with E-state index in [1.54, 1.807) is 0 Å². The molecule has 0 spiro atoms. The van der Waals surface area contributed by atoms with Gasteiger partial charge < -0.3 is 0 Å². The van der Waals surface area contributed by atoms with Gasteiger partial charge in [0, 0.05) is 13.1 Å². The van der Waals surface area contributed by atoms with Crippen LogP contribution in [0.5, 0.6) is 0 Å². The molecule has 0 aliphatic carbocycles. The number of nitrogens with one attached hydrogen (secondary N) is 2. The predicted octanol–water partition coefficient (Wildman–Crippen LogP) is 2.68. The molecule has 124 valence electrons. The highest BCUT2D eigenvalue weighted by atomic mass is 32.2. The second kappa shape index (κ2) is 9.45. The Balaban J connectivity index is 1.59. The lowest BCUT2D eigenvalue weighted by atomic mass is 10.1. The van der Waals surface area contributed by atoms with Crippen LogP contribution in [0, 0.1) is 0 Å². The molecule has 0 atom stereocenters. The smallest absolute Gasteiger partial charge is 0.202 e. The topological polar surface area (TPSA) is 58.2 Å². The first-order valence-corrected chi connectivity index (χ1v) is 9.46. The first-order chi connectivity index (χ1) is 11.2. The minimum absolute atomic E-state index is 0.447. The van der Waals surface area contributed by atoms with Crippen LogP contribution < -0.4 is 9.44 Å². The Hall–Kier alpha value is -1.69. The van der Waals surface area contributed by atoms with Crippen LogP contribution in [-0.2, 0) is 23.1 Å². The minimum atomic E-state index is -3.39. The van der Waals surface area contributed by atoms with Crippen LogP contribution in [0.4, 0.5) is 0 Å². The number of rotatable bonds is 10. The van der Waals surface area contributed by atoms with Crippen LogP contribution in [0.2, 0.25) is 0 Å². The Bertz CT molecular complexity index is 604. The van der Waals surface area contributed by atoms with Gasteiger partial charge in [0.2, 0.25) is 0 Å². The zero-order valence-corrected chi connectivity index (χ0v) is 14.1. The second-order valence-electron chi connectivity index (χ2n) is 5.47. The average molecular weight is 332 g/mol. The molecular weight excluding hydrogens is 308 g/mol. The molecule has 0 heterocycles. The molecule has 0 aromatic heterocycles. The van der Waals surface area contributed by atoms with Gasteiger partial charge in [-0.25, -0.2) is 9.44 Å². The highest BCUT2D eigenvalue weighted by Gasteiger charge is 2.07. The fourth-order valence-electron chi connectivity index (χ4n) is 2.34. The van der Waals surface area contributed by atoms with Gasteiger partial charge >= 0.3 is 0 Å². The van der Waals surface area contributed by atoms with Crippen molar-refractivity contribution >= 4 is 10.2 Å². The van der Waals surface area contributed by atoms with Crippen LogP contribution in [0.1, 0.15) is 24.0 Å². The van der Waals surface area contributed by atoms with Crippen LogP contribution >= 0.6 is 0 Å². The van der Waals surface area contributed by atoms with E-state index < -0.39 is 10.2 Å². The van der Waals surface area contributed by atoms with Crippen molar-refractivity contribution in [2.24, 2.45) is 0 Å². The van der Waals surface area contributed by atoms with Crippen molar-refractivity contribution in [3.63, 3.8) is 0 Å². The van der Waals surface area contributed by atoms with Crippen LogP contribution in [0.25, 0.3) is 0 Å². The molecule has 0 aliphatic rings. The van der Waals surface area contributed by atoms with E-state index in [9.17, 15) is 8.42 Å². The maximum atomic E-state index is 11.8. The lowest BCUT2D eigenvalue weighted by molar-refractivity contribution is 0.561. The highest BCUT2D eigenvalue weighted by molar-refractivity contribution is 7.87. The fraction of sp³-hybridized carbons (Fsp3) is 0.333. The zero-order valence-electron chi connectivity index (χ0n) is 13.2. The van der Waals surface area contributed by atoms with Gasteiger partial charge in [0.05, 0.1) is 0 Å². The molecule has 0 amide bonds. The summed E-state index contributed by atoms with van der Waals surface area (Å²) in [7, 11) is -3.39. The molecule has 0 fully saturated rings. The lowest BCUT2D eigenvalue weighted by Crippen LogP contribution is -2.37. The number of aryl methyl sites for hydroxylation is 2. The van der Waals surface area contributed by atoms with E-state index in [4.69, 9.17) is 0 Å². The molecule has 2 rings (SSSR count). The van der Waals surface area contributed by atoms with E-state index in [-0.39, 0.29) is 0 Å². The first-order valence-electron chi connectivity index (χ1n) is 7.98. The summed E-state index contributed by atoms with van der Waals surface area (Å²) >= 11 is 0. The SMILES string of the molecule is O=S(=O)(NCCCc1ccccc1)NCCCc1ccccc1. The van der Waals surface area contributed by atoms with Crippen molar-refractivity contribution in [1.29, 1.82) is 0 Å². The third kappa shape index (κ3) is 7.41. The van der Waals surface area contributed by atoms with Crippen LogP contribution in [0.3, 0.4) is 0 Å². The van der Waals surface area contributed by atoms with E-state index in [1.165, 1.54) is 11.1 Å². The molecule has 4 nitrogen and oxygen atoms in total. The standard InChI is InChI=1S/C18H24N2O2S/c21-23(22,19-15-7-13-17-9-3-1-4-10-17)20-16-8-14-18-11-5-2-6-12-18/h1-6,9-12,19-20H,7-8,13-16H2. The molecule has 0 saturated heterocycles. The van der Waals surface area contributed by atoms with Crippen LogP contribution in [-0.4, -0.2) is 21.5 Å². The van der Waals surface area contributed by atoms with E-state index in [0.717, 1.165) is 25.7 Å². The number of hydrogen-bond acceptors (Lipinski definition) is 2. The van der Waals surface area contributed by atoms with Crippen molar-refractivity contribution in [2.45, 2.75) is 25.7 Å². The van der Waals surface area contributed by atoms with Gasteiger partial charge in [0.25, 0.3) is 10.2 Å². The molecule has 23 heavy (non-hydrogen) atoms. The normalized spacial score (nSPS) is 11.5. The summed E-state index contributed by atoms with van der Waals surface area (Å²) in [6.45, 7) is 0.895. The monoisotopic (exact) mass is 332 g/mol. The number of hydrogen-bond donors (Lipinski definition) is 2. The Morgan fingerprint density at radius 3 is 1.43 bits per heavy atom. The van der Waals surface area contributed by atoms with Gasteiger partial charge in [-0.3, -0.25) is 0 Å². The quantitative estimate of drug-likeness (QED) is 0.657. The van der Waals surface area contributed by atoms with Gasteiger partial charge in [0.1, 0.15) is 0 Å². The van der Waals surface area contributed by atoms with Gasteiger partial charge in [-0.1, -0.05) is 60.7 Å². The molecule has 0 radical (unpaired) electrons. The summed E-state index contributed by atoms with van der Waals surface area (Å²) < 4.78 is 28.8. The molecule has 2 aromatic rings. The van der Waals surface area contributed by atoms with Gasteiger partial charge in [0.15, 0.2) is 0 Å². The molecule has 0 aliphatic heterocycles. The van der Waals surface area contributed by atoms with Crippen molar-refractivity contribution in [2.75, 3.05) is 13.1 Å². The second-order valence-corrected chi connectivity index (χ2v) is 7.05. The molecular formula is C18H24N2O2S. The summed E-state index contributed by atoms with van der Waals surface area (Å²) in [4.78, 5) is 0. The number of benzene rings is 2. The summed E-state index contributed by atoms with van der Waals surface area (Å²) in [5.74, 6) is 0. The molecule has 2 N–H and O–H groups in total. The summed E-state index contributed by atoms with van der Waals surface area (Å²) in [5, 5.41) is 0. The third-order valence-corrected chi connectivity index (χ3v) is 4.72. The Morgan fingerprint density at radius 1 is 0.652 bits per heavy atom. The Labute approximate surface area is 139 Å². The molecule has 2 aromatic carbocycles. The summed E-state index contributed by atoms with van der Waals surface area (Å²) in [6, 6.07) is 20.1. The average Bonchev–Trinajstić information content (AvgIpc) is 2.58. The third-order valence-electron chi connectivity index (χ3n) is 3.55. The van der Waals surface area contributed by atoms with Crippen molar-refractivity contribution in [3.05, 3.63) is 71.8 Å². The van der Waals surface area contributed by atoms with Crippen molar-refractivity contribution < 1.29 is 8.42 Å². The molecule has 0 bridgehead atoms. The molecule has 5 heteroatoms. The predicted molar refractivity (Wildman–Crippen MR) is 94.5 cm³/mol. The van der Waals surface area contributed by atoms with Crippen LogP contribution in [0.15, 0.2) is 60.7 Å². The maximum absolute atomic E-state index is 11.8. The fourth-order valence-corrected chi connectivity index (χ4v) is 3.27.